The molecule has 0 aliphatic heterocycles. The van der Waals surface area contributed by atoms with Crippen molar-refractivity contribution in [1.29, 1.82) is 0 Å². The quantitative estimate of drug-likeness (QED) is 0.421. The Balaban J connectivity index is 1.90. The zero-order chi connectivity index (χ0) is 27.3. The molecule has 7 nitrogen and oxygen atoms in total. The van der Waals surface area contributed by atoms with Gasteiger partial charge in [-0.2, -0.15) is 0 Å². The number of nitrogens with one attached hydrogen (secondary N) is 1. The average Bonchev–Trinajstić information content (AvgIpc) is 2.84. The Kier molecular flexibility index (Phi) is 10.1. The molecule has 1 N–H and O–H groups in total. The Morgan fingerprint density at radius 3 is 2.30 bits per heavy atom. The highest BCUT2D eigenvalue weighted by molar-refractivity contribution is 7.92. The fourth-order valence-electron chi connectivity index (χ4n) is 4.24. The predicted octanol–water partition coefficient (Wildman–Crippen LogP) is 5.42. The van der Waals surface area contributed by atoms with E-state index in [-0.39, 0.29) is 34.2 Å². The van der Waals surface area contributed by atoms with Gasteiger partial charge in [0.05, 0.1) is 27.0 Å². The van der Waals surface area contributed by atoms with Crippen LogP contribution in [-0.4, -0.2) is 50.0 Å². The molecule has 3 rings (SSSR count). The van der Waals surface area contributed by atoms with Crippen molar-refractivity contribution in [1.82, 2.24) is 10.2 Å². The van der Waals surface area contributed by atoms with Gasteiger partial charge in [-0.3, -0.25) is 13.9 Å². The maximum Gasteiger partial charge on any atom is 0.244 e. The molecule has 0 aromatic heterocycles. The third kappa shape index (κ3) is 7.96. The van der Waals surface area contributed by atoms with Crippen molar-refractivity contribution in [2.24, 2.45) is 0 Å². The van der Waals surface area contributed by atoms with Crippen LogP contribution in [0.5, 0.6) is 0 Å². The Bertz CT molecular complexity index is 1260. The number of rotatable bonds is 9. The maximum absolute atomic E-state index is 13.7. The topological polar surface area (TPSA) is 86.8 Å². The second-order valence-electron chi connectivity index (χ2n) is 9.16. The lowest BCUT2D eigenvalue weighted by Gasteiger charge is -2.33. The number of amides is 2. The first-order valence-corrected chi connectivity index (χ1v) is 14.8. The van der Waals surface area contributed by atoms with E-state index < -0.39 is 34.3 Å². The van der Waals surface area contributed by atoms with Gasteiger partial charge in [-0.05, 0) is 55.7 Å². The summed E-state index contributed by atoms with van der Waals surface area (Å²) in [5.41, 5.74) is 0.631. The highest BCUT2D eigenvalue weighted by atomic mass is 35.5. The number of halogens is 4. The Morgan fingerprint density at radius 2 is 1.70 bits per heavy atom. The number of benzene rings is 2. The van der Waals surface area contributed by atoms with Crippen LogP contribution >= 0.6 is 34.8 Å². The van der Waals surface area contributed by atoms with Crippen molar-refractivity contribution in [2.75, 3.05) is 17.1 Å². The van der Waals surface area contributed by atoms with Gasteiger partial charge in [-0.1, -0.05) is 60.1 Å². The number of carbonyl (C=O) groups excluding carboxylic acids is 2. The van der Waals surface area contributed by atoms with E-state index in [1.165, 1.54) is 11.0 Å². The highest BCUT2D eigenvalue weighted by Gasteiger charge is 2.31. The fourth-order valence-corrected chi connectivity index (χ4v) is 5.58. The Labute approximate surface area is 231 Å². The molecule has 2 aromatic rings. The first-order chi connectivity index (χ1) is 17.4. The summed E-state index contributed by atoms with van der Waals surface area (Å²) in [7, 11) is -3.96. The molecule has 2 amide bonds. The molecule has 202 valence electrons. The summed E-state index contributed by atoms with van der Waals surface area (Å²) in [6.45, 7) is 0.951. The second-order valence-corrected chi connectivity index (χ2v) is 12.3. The molecule has 0 saturated heterocycles. The maximum atomic E-state index is 13.7. The van der Waals surface area contributed by atoms with Crippen molar-refractivity contribution in [3.63, 3.8) is 0 Å². The first-order valence-electron chi connectivity index (χ1n) is 11.8. The molecule has 0 bridgehead atoms. The SMILES string of the molecule is C[C@@H](C(=O)NC1CCCCC1)N(Cc1ccc(Cl)c(Cl)c1)C(=O)CN(c1ccc(F)c(Cl)c1)S(C)(=O)=O. The van der Waals surface area contributed by atoms with Crippen LogP contribution in [0.1, 0.15) is 44.6 Å². The Morgan fingerprint density at radius 1 is 1.03 bits per heavy atom. The number of carbonyl (C=O) groups is 2. The van der Waals surface area contributed by atoms with E-state index in [4.69, 9.17) is 34.8 Å². The zero-order valence-corrected chi connectivity index (χ0v) is 23.6. The summed E-state index contributed by atoms with van der Waals surface area (Å²) >= 11 is 18.0. The average molecular weight is 593 g/mol. The van der Waals surface area contributed by atoms with Crippen molar-refractivity contribution in [3.8, 4) is 0 Å². The van der Waals surface area contributed by atoms with Gasteiger partial charge in [-0.25, -0.2) is 12.8 Å². The molecule has 0 unspecified atom stereocenters. The number of sulfonamides is 1. The molecule has 1 atom stereocenters. The van der Waals surface area contributed by atoms with Gasteiger partial charge >= 0.3 is 0 Å². The predicted molar refractivity (Wildman–Crippen MR) is 145 cm³/mol. The van der Waals surface area contributed by atoms with Crippen LogP contribution < -0.4 is 9.62 Å². The van der Waals surface area contributed by atoms with Crippen LogP contribution in [0.2, 0.25) is 15.1 Å². The summed E-state index contributed by atoms with van der Waals surface area (Å²) in [6, 6.07) is 7.33. The molecule has 12 heteroatoms. The van der Waals surface area contributed by atoms with Crippen molar-refractivity contribution in [3.05, 3.63) is 62.8 Å². The minimum atomic E-state index is -3.96. The van der Waals surface area contributed by atoms with Crippen LogP contribution in [-0.2, 0) is 26.2 Å². The smallest absolute Gasteiger partial charge is 0.244 e. The van der Waals surface area contributed by atoms with E-state index in [0.717, 1.165) is 54.8 Å². The van der Waals surface area contributed by atoms with Gasteiger partial charge < -0.3 is 10.2 Å². The summed E-state index contributed by atoms with van der Waals surface area (Å²) in [5.74, 6) is -1.70. The first kappa shape index (κ1) is 29.5. The van der Waals surface area contributed by atoms with E-state index in [0.29, 0.717) is 10.6 Å². The van der Waals surface area contributed by atoms with Crippen molar-refractivity contribution < 1.29 is 22.4 Å². The molecule has 1 fully saturated rings. The molecule has 1 aliphatic rings. The molecule has 1 aliphatic carbocycles. The third-order valence-electron chi connectivity index (χ3n) is 6.33. The second kappa shape index (κ2) is 12.7. The van der Waals surface area contributed by atoms with Gasteiger partial charge in [0.2, 0.25) is 21.8 Å². The van der Waals surface area contributed by atoms with Gasteiger partial charge in [0.1, 0.15) is 18.4 Å². The van der Waals surface area contributed by atoms with Crippen molar-refractivity contribution in [2.45, 2.75) is 57.7 Å². The molecular formula is C25H29Cl3FN3O4S. The standard InChI is InChI=1S/C25H29Cl3FN3O4S/c1-16(25(34)30-18-6-4-3-5-7-18)31(14-17-8-10-20(26)21(27)12-17)24(33)15-32(37(2,35)36)19-9-11-23(29)22(28)13-19/h8-13,16,18H,3-7,14-15H2,1-2H3,(H,30,34)/t16-/m0/s1. The summed E-state index contributed by atoms with van der Waals surface area (Å²) in [5, 5.41) is 3.35. The molecule has 1 saturated carbocycles. The summed E-state index contributed by atoms with van der Waals surface area (Å²) in [6.07, 6.45) is 5.83. The number of nitrogens with zero attached hydrogens (tertiary/aromatic N) is 2. The molecule has 0 spiro atoms. The van der Waals surface area contributed by atoms with E-state index in [2.05, 4.69) is 5.32 Å². The number of anilines is 1. The summed E-state index contributed by atoms with van der Waals surface area (Å²) in [4.78, 5) is 28.0. The van der Waals surface area contributed by atoms with Crippen LogP contribution in [0.15, 0.2) is 36.4 Å². The minimum Gasteiger partial charge on any atom is -0.352 e. The lowest BCUT2D eigenvalue weighted by molar-refractivity contribution is -0.139. The molecule has 0 radical (unpaired) electrons. The highest BCUT2D eigenvalue weighted by Crippen LogP contribution is 2.26. The largest absolute Gasteiger partial charge is 0.352 e. The normalized spacial score (nSPS) is 15.2. The van der Waals surface area contributed by atoms with Gasteiger partial charge in [0, 0.05) is 12.6 Å². The van der Waals surface area contributed by atoms with Gasteiger partial charge in [0.15, 0.2) is 0 Å². The van der Waals surface area contributed by atoms with Crippen LogP contribution in [0.4, 0.5) is 10.1 Å². The van der Waals surface area contributed by atoms with Crippen LogP contribution in [0.25, 0.3) is 0 Å². The lowest BCUT2D eigenvalue weighted by Crippen LogP contribution is -2.53. The lowest BCUT2D eigenvalue weighted by atomic mass is 9.95. The third-order valence-corrected chi connectivity index (χ3v) is 8.50. The molecule has 2 aromatic carbocycles. The number of hydrogen-bond acceptors (Lipinski definition) is 4. The molecule has 0 heterocycles. The monoisotopic (exact) mass is 591 g/mol. The zero-order valence-electron chi connectivity index (χ0n) is 20.5. The number of hydrogen-bond donors (Lipinski definition) is 1. The van der Waals surface area contributed by atoms with Gasteiger partial charge in [0.25, 0.3) is 0 Å². The van der Waals surface area contributed by atoms with Crippen LogP contribution in [0, 0.1) is 5.82 Å². The molecular weight excluding hydrogens is 564 g/mol. The van der Waals surface area contributed by atoms with Crippen molar-refractivity contribution >= 4 is 62.3 Å². The summed E-state index contributed by atoms with van der Waals surface area (Å²) < 4.78 is 39.7. The van der Waals surface area contributed by atoms with E-state index >= 15 is 0 Å². The van der Waals surface area contributed by atoms with E-state index in [9.17, 15) is 22.4 Å². The molecule has 37 heavy (non-hydrogen) atoms. The fraction of sp³-hybridized carbons (Fsp3) is 0.440. The Hall–Kier alpha value is -2.07. The minimum absolute atomic E-state index is 0.0171. The van der Waals surface area contributed by atoms with E-state index in [1.807, 2.05) is 0 Å². The van der Waals surface area contributed by atoms with Crippen LogP contribution in [0.3, 0.4) is 0 Å². The van der Waals surface area contributed by atoms with Gasteiger partial charge in [-0.15, -0.1) is 0 Å². The van der Waals surface area contributed by atoms with E-state index in [1.54, 1.807) is 25.1 Å².